The van der Waals surface area contributed by atoms with Gasteiger partial charge in [0.2, 0.25) is 0 Å². The van der Waals surface area contributed by atoms with Gasteiger partial charge in [-0.25, -0.2) is 0 Å². The predicted octanol–water partition coefficient (Wildman–Crippen LogP) is -0.509. The van der Waals surface area contributed by atoms with E-state index in [4.69, 9.17) is 9.90 Å². The lowest BCUT2D eigenvalue weighted by atomic mass is 11.7. The van der Waals surface area contributed by atoms with Gasteiger partial charge in [0.05, 0.1) is 0 Å². The van der Waals surface area contributed by atoms with Crippen LogP contribution in [0.15, 0.2) is 0 Å². The van der Waals surface area contributed by atoms with Crippen LogP contribution in [0.1, 0.15) is 0 Å². The first-order valence-corrected chi connectivity index (χ1v) is 1.27. The van der Waals surface area contributed by atoms with Gasteiger partial charge in [0, 0.05) is 0 Å². The number of nitrogens with two attached hydrogens (primary N) is 1. The molecule has 0 rings (SSSR count). The SMILES string of the molecule is NS.O=CO. The molecule has 0 unspecified atom stereocenters. The lowest BCUT2D eigenvalue weighted by Gasteiger charge is -1.34. The van der Waals surface area contributed by atoms with Gasteiger partial charge in [0.25, 0.3) is 6.47 Å². The molecule has 0 fully saturated rings. The fourth-order valence-electron chi connectivity index (χ4n) is 0. The van der Waals surface area contributed by atoms with Gasteiger partial charge in [0.15, 0.2) is 0 Å². The quantitative estimate of drug-likeness (QED) is 0.280. The highest BCUT2D eigenvalue weighted by atomic mass is 32.1. The molecule has 4 heteroatoms. The summed E-state index contributed by atoms with van der Waals surface area (Å²) in [6, 6.07) is 0. The van der Waals surface area contributed by atoms with Crippen molar-refractivity contribution < 1.29 is 9.90 Å². The van der Waals surface area contributed by atoms with Crippen LogP contribution in [0.4, 0.5) is 0 Å². The highest BCUT2D eigenvalue weighted by molar-refractivity contribution is 7.77. The van der Waals surface area contributed by atoms with Crippen LogP contribution < -0.4 is 5.14 Å². The van der Waals surface area contributed by atoms with Gasteiger partial charge in [-0.05, 0) is 0 Å². The summed E-state index contributed by atoms with van der Waals surface area (Å²) in [7, 11) is 0. The van der Waals surface area contributed by atoms with Crippen LogP contribution in [0.3, 0.4) is 0 Å². The van der Waals surface area contributed by atoms with Crippen molar-refractivity contribution in [3.8, 4) is 0 Å². The van der Waals surface area contributed by atoms with E-state index in [-0.39, 0.29) is 6.47 Å². The minimum atomic E-state index is -0.250. The van der Waals surface area contributed by atoms with Crippen molar-refractivity contribution >= 4 is 19.3 Å². The maximum atomic E-state index is 8.36. The van der Waals surface area contributed by atoms with E-state index in [2.05, 4.69) is 18.0 Å². The van der Waals surface area contributed by atoms with E-state index in [0.717, 1.165) is 0 Å². The summed E-state index contributed by atoms with van der Waals surface area (Å²) >= 11 is 3.03. The summed E-state index contributed by atoms with van der Waals surface area (Å²) < 4.78 is 0. The highest BCUT2D eigenvalue weighted by Gasteiger charge is 1.22. The Kier molecular flexibility index (Phi) is 84.9. The molecule has 32 valence electrons. The molecular weight excluding hydrogens is 90.1 g/mol. The summed E-state index contributed by atoms with van der Waals surface area (Å²) in [4.78, 5) is 8.36. The smallest absolute Gasteiger partial charge is 0.290 e. The fraction of sp³-hybridized carbons (Fsp3) is 0. The number of carboxylic acid groups (broad SMARTS) is 1. The van der Waals surface area contributed by atoms with Gasteiger partial charge >= 0.3 is 0 Å². The molecule has 0 saturated carbocycles. The first kappa shape index (κ1) is 8.84. The van der Waals surface area contributed by atoms with Gasteiger partial charge in [-0.1, -0.05) is 0 Å². The third-order valence-electron chi connectivity index (χ3n) is 0. The van der Waals surface area contributed by atoms with Crippen molar-refractivity contribution in [2.45, 2.75) is 0 Å². The summed E-state index contributed by atoms with van der Waals surface area (Å²) in [5.74, 6) is 0. The fourth-order valence-corrected chi connectivity index (χ4v) is 0. The molecule has 0 aliphatic rings. The van der Waals surface area contributed by atoms with Crippen molar-refractivity contribution in [3.63, 3.8) is 0 Å². The molecule has 5 heavy (non-hydrogen) atoms. The van der Waals surface area contributed by atoms with Crippen molar-refractivity contribution in [1.29, 1.82) is 0 Å². The number of hydrogen-bond donors (Lipinski definition) is 3. The van der Waals surface area contributed by atoms with Crippen molar-refractivity contribution in [1.82, 2.24) is 0 Å². The van der Waals surface area contributed by atoms with Gasteiger partial charge in [-0.2, -0.15) is 0 Å². The second-order valence-corrected chi connectivity index (χ2v) is 0.105. The summed E-state index contributed by atoms with van der Waals surface area (Å²) in [6.07, 6.45) is 0. The summed E-state index contributed by atoms with van der Waals surface area (Å²) in [5, 5.41) is 11.1. The van der Waals surface area contributed by atoms with Crippen LogP contribution >= 0.6 is 12.8 Å². The highest BCUT2D eigenvalue weighted by Crippen LogP contribution is 1.12. The Bertz CT molecular complexity index is 17.1. The Morgan fingerprint density at radius 3 is 1.80 bits per heavy atom. The Hall–Kier alpha value is -0.220. The zero-order valence-corrected chi connectivity index (χ0v) is 3.35. The molecule has 0 aliphatic heterocycles. The van der Waals surface area contributed by atoms with E-state index in [1.54, 1.807) is 0 Å². The van der Waals surface area contributed by atoms with Crippen LogP contribution in [0, 0.1) is 0 Å². The Morgan fingerprint density at radius 2 is 1.80 bits per heavy atom. The molecule has 0 radical (unpaired) electrons. The molecule has 0 spiro atoms. The van der Waals surface area contributed by atoms with Crippen LogP contribution in [0.5, 0.6) is 0 Å². The largest absolute Gasteiger partial charge is 0.483 e. The minimum Gasteiger partial charge on any atom is -0.483 e. The third kappa shape index (κ3) is 247. The molecule has 0 amide bonds. The molecule has 0 aliphatic carbocycles. The Morgan fingerprint density at radius 1 is 1.80 bits per heavy atom. The number of carbonyl (C=O) groups is 1. The van der Waals surface area contributed by atoms with E-state index in [1.807, 2.05) is 0 Å². The first-order chi connectivity index (χ1) is 2.41. The molecule has 0 aromatic rings. The molecular formula is CH5NO2S. The predicted molar refractivity (Wildman–Crippen MR) is 21.9 cm³/mol. The lowest BCUT2D eigenvalue weighted by molar-refractivity contribution is -0.122. The normalized spacial score (nSPS) is 3.60. The van der Waals surface area contributed by atoms with Crippen molar-refractivity contribution in [2.75, 3.05) is 0 Å². The van der Waals surface area contributed by atoms with Crippen LogP contribution in [0.2, 0.25) is 0 Å². The topological polar surface area (TPSA) is 63.3 Å². The second-order valence-electron chi connectivity index (χ2n) is 0.105. The van der Waals surface area contributed by atoms with E-state index >= 15 is 0 Å². The van der Waals surface area contributed by atoms with Crippen molar-refractivity contribution in [3.05, 3.63) is 0 Å². The van der Waals surface area contributed by atoms with Crippen LogP contribution in [0.25, 0.3) is 0 Å². The summed E-state index contributed by atoms with van der Waals surface area (Å²) in [6.45, 7) is -0.250. The third-order valence-corrected chi connectivity index (χ3v) is 0. The molecule has 0 aromatic heterocycles. The number of rotatable bonds is 0. The van der Waals surface area contributed by atoms with Crippen LogP contribution in [-0.2, 0) is 4.79 Å². The standard InChI is InChI=1S/CH2O2.H3NS/c2-1-3;1-2/h1H,(H,2,3);2H,1H2. The molecule has 0 heterocycles. The maximum absolute atomic E-state index is 8.36. The Balaban J connectivity index is 0. The monoisotopic (exact) mass is 95.0 g/mol. The lowest BCUT2D eigenvalue weighted by Crippen LogP contribution is -1.49. The average molecular weight is 95.1 g/mol. The zero-order valence-electron chi connectivity index (χ0n) is 2.46. The Labute approximate surface area is 35.3 Å². The van der Waals surface area contributed by atoms with Crippen LogP contribution in [-0.4, -0.2) is 11.6 Å². The molecule has 3 nitrogen and oxygen atoms in total. The van der Waals surface area contributed by atoms with E-state index in [1.165, 1.54) is 0 Å². The number of thiol groups is 1. The molecule has 0 bridgehead atoms. The van der Waals surface area contributed by atoms with E-state index < -0.39 is 0 Å². The van der Waals surface area contributed by atoms with Gasteiger partial charge in [-0.15, -0.1) is 12.8 Å². The number of hydrogen-bond acceptors (Lipinski definition) is 3. The second kappa shape index (κ2) is 48.0. The average Bonchev–Trinajstić information content (AvgIpc) is 1.46. The summed E-state index contributed by atoms with van der Waals surface area (Å²) in [5.41, 5.74) is 0. The van der Waals surface area contributed by atoms with Crippen molar-refractivity contribution in [2.24, 2.45) is 5.14 Å². The first-order valence-electron chi connectivity index (χ1n) is 0.752. The molecule has 3 N–H and O–H groups in total. The molecule has 0 atom stereocenters. The van der Waals surface area contributed by atoms with Gasteiger partial charge in [0.1, 0.15) is 0 Å². The van der Waals surface area contributed by atoms with Gasteiger partial charge < -0.3 is 5.11 Å². The van der Waals surface area contributed by atoms with E-state index in [0.29, 0.717) is 0 Å². The van der Waals surface area contributed by atoms with Gasteiger partial charge in [-0.3, -0.25) is 9.93 Å². The minimum absolute atomic E-state index is 0.250. The maximum Gasteiger partial charge on any atom is 0.290 e. The zero-order chi connectivity index (χ0) is 4.71. The molecule has 0 aromatic carbocycles. The van der Waals surface area contributed by atoms with E-state index in [9.17, 15) is 0 Å². The molecule has 0 saturated heterocycles.